The number of rotatable bonds is 6. The average Bonchev–Trinajstić information content (AvgIpc) is 4.04. The zero-order chi connectivity index (χ0) is 43.0. The van der Waals surface area contributed by atoms with E-state index in [0.717, 1.165) is 93.9 Å². The van der Waals surface area contributed by atoms with Gasteiger partial charge in [-0.2, -0.15) is 5.26 Å². The molecule has 2 aromatic heterocycles. The van der Waals surface area contributed by atoms with Gasteiger partial charge in [-0.25, -0.2) is 0 Å². The Morgan fingerprint density at radius 1 is 0.385 bits per heavy atom. The third-order valence-electron chi connectivity index (χ3n) is 13.5. The van der Waals surface area contributed by atoms with Crippen molar-refractivity contribution in [3.8, 4) is 67.7 Å². The Morgan fingerprint density at radius 2 is 0.754 bits per heavy atom. The van der Waals surface area contributed by atoms with Crippen LogP contribution >= 0.6 is 0 Å². The molecule has 3 heterocycles. The number of aromatic nitrogens is 2. The lowest BCUT2D eigenvalue weighted by atomic mass is 9.89. The van der Waals surface area contributed by atoms with Crippen LogP contribution in [0.4, 0.5) is 0 Å². The highest BCUT2D eigenvalue weighted by molar-refractivity contribution is 6.13. The first-order valence-corrected chi connectivity index (χ1v) is 22.2. The monoisotopic (exact) mass is 829 g/mol. The highest BCUT2D eigenvalue weighted by atomic mass is 16.5. The minimum atomic E-state index is -0.237. The molecule has 0 amide bonds. The van der Waals surface area contributed by atoms with Gasteiger partial charge in [0, 0.05) is 33.0 Å². The molecule has 0 bridgehead atoms. The van der Waals surface area contributed by atoms with Crippen LogP contribution in [0.2, 0.25) is 0 Å². The summed E-state index contributed by atoms with van der Waals surface area (Å²) < 4.78 is 11.7. The molecule has 0 fully saturated rings. The van der Waals surface area contributed by atoms with Gasteiger partial charge in [0.2, 0.25) is 0 Å². The molecule has 0 radical (unpaired) electrons. The van der Waals surface area contributed by atoms with E-state index in [1.54, 1.807) is 0 Å². The van der Waals surface area contributed by atoms with Crippen molar-refractivity contribution in [1.82, 2.24) is 9.13 Å². The molecule has 1 aliphatic carbocycles. The number of benzene rings is 9. The van der Waals surface area contributed by atoms with E-state index in [2.05, 4.69) is 240 Å². The van der Waals surface area contributed by atoms with Crippen molar-refractivity contribution in [2.45, 2.75) is 12.0 Å². The van der Waals surface area contributed by atoms with Crippen molar-refractivity contribution < 1.29 is 4.74 Å². The molecule has 11 aromatic rings. The quantitative estimate of drug-likeness (QED) is 0.168. The Balaban J connectivity index is 1.13. The summed E-state index contributed by atoms with van der Waals surface area (Å²) in [5.74, 6) is 0.561. The molecule has 4 nitrogen and oxygen atoms in total. The van der Waals surface area contributed by atoms with Gasteiger partial charge in [0.1, 0.15) is 23.5 Å². The fourth-order valence-electron chi connectivity index (χ4n) is 10.5. The van der Waals surface area contributed by atoms with E-state index >= 15 is 0 Å². The highest BCUT2D eigenvalue weighted by Crippen LogP contribution is 2.51. The van der Waals surface area contributed by atoms with Crippen LogP contribution in [0.5, 0.6) is 5.75 Å². The number of nitrogens with zero attached hydrogens (tertiary/aromatic N) is 3. The van der Waals surface area contributed by atoms with Gasteiger partial charge >= 0.3 is 0 Å². The van der Waals surface area contributed by atoms with Gasteiger partial charge in [-0.15, -0.1) is 0 Å². The molecule has 2 atom stereocenters. The Bertz CT molecular complexity index is 3600. The minimum Gasteiger partial charge on any atom is -0.484 e. The fourth-order valence-corrected chi connectivity index (χ4v) is 10.5. The van der Waals surface area contributed by atoms with Crippen LogP contribution in [-0.2, 0) is 0 Å². The number of ether oxygens (including phenoxy) is 1. The number of hydrogen-bond donors (Lipinski definition) is 0. The normalized spacial score (nSPS) is 15.1. The average molecular weight is 830 g/mol. The summed E-state index contributed by atoms with van der Waals surface area (Å²) in [7, 11) is 0. The summed E-state index contributed by atoms with van der Waals surface area (Å²) in [5, 5.41) is 15.9. The van der Waals surface area contributed by atoms with E-state index in [1.165, 1.54) is 11.1 Å². The van der Waals surface area contributed by atoms with E-state index in [4.69, 9.17) is 4.74 Å². The SMILES string of the molecule is N#Cc1c(-n2c3ccc(-c4ccccc4)cc3c3cc(-c4ccccc4)ccc32)cc(-n2c3ccc(-c4ccccc4)cc3c3cc(-c4ccccc4)ccc32)c2c1OC1C=CC=CC21. The molecule has 304 valence electrons. The number of fused-ring (bicyclic) bond motifs is 9. The topological polar surface area (TPSA) is 42.9 Å². The van der Waals surface area contributed by atoms with Crippen molar-refractivity contribution in [3.63, 3.8) is 0 Å². The summed E-state index contributed by atoms with van der Waals surface area (Å²) in [4.78, 5) is 0. The van der Waals surface area contributed by atoms with E-state index < -0.39 is 0 Å². The zero-order valence-corrected chi connectivity index (χ0v) is 35.3. The Labute approximate surface area is 376 Å². The third kappa shape index (κ3) is 5.83. The van der Waals surface area contributed by atoms with Crippen LogP contribution in [0.1, 0.15) is 17.0 Å². The Hall–Kier alpha value is -8.65. The van der Waals surface area contributed by atoms with Gasteiger partial charge in [-0.3, -0.25) is 0 Å². The summed E-state index contributed by atoms with van der Waals surface area (Å²) in [5.41, 5.74) is 16.8. The maximum Gasteiger partial charge on any atom is 0.146 e. The summed E-state index contributed by atoms with van der Waals surface area (Å²) in [6.07, 6.45) is 8.27. The molecule has 9 aromatic carbocycles. The molecule has 1 aliphatic heterocycles. The lowest BCUT2D eigenvalue weighted by Gasteiger charge is -2.20. The van der Waals surface area contributed by atoms with Crippen LogP contribution in [0.15, 0.2) is 224 Å². The first-order valence-electron chi connectivity index (χ1n) is 22.2. The van der Waals surface area contributed by atoms with Gasteiger partial charge in [0.15, 0.2) is 0 Å². The Kier molecular flexibility index (Phi) is 8.38. The van der Waals surface area contributed by atoms with Crippen molar-refractivity contribution in [3.05, 3.63) is 236 Å². The summed E-state index contributed by atoms with van der Waals surface area (Å²) >= 11 is 0. The van der Waals surface area contributed by atoms with Crippen molar-refractivity contribution in [2.24, 2.45) is 0 Å². The zero-order valence-electron chi connectivity index (χ0n) is 35.3. The van der Waals surface area contributed by atoms with E-state index in [0.29, 0.717) is 11.3 Å². The molecule has 0 spiro atoms. The minimum absolute atomic E-state index is 0.0779. The van der Waals surface area contributed by atoms with Gasteiger partial charge in [-0.05, 0) is 105 Å². The highest BCUT2D eigenvalue weighted by Gasteiger charge is 2.39. The second-order valence-electron chi connectivity index (χ2n) is 17.1. The maximum absolute atomic E-state index is 11.4. The van der Waals surface area contributed by atoms with Crippen molar-refractivity contribution in [2.75, 3.05) is 0 Å². The lowest BCUT2D eigenvalue weighted by Crippen LogP contribution is -2.16. The third-order valence-corrected chi connectivity index (χ3v) is 13.5. The predicted octanol–water partition coefficient (Wildman–Crippen LogP) is 15.4. The lowest BCUT2D eigenvalue weighted by molar-refractivity contribution is 0.268. The van der Waals surface area contributed by atoms with Gasteiger partial charge in [0.05, 0.1) is 33.4 Å². The van der Waals surface area contributed by atoms with Gasteiger partial charge in [0.25, 0.3) is 0 Å². The van der Waals surface area contributed by atoms with Crippen LogP contribution in [-0.4, -0.2) is 15.2 Å². The first kappa shape index (κ1) is 37.0. The van der Waals surface area contributed by atoms with Crippen LogP contribution in [0.3, 0.4) is 0 Å². The molecular weight excluding hydrogens is 791 g/mol. The molecule has 65 heavy (non-hydrogen) atoms. The number of allylic oxidation sites excluding steroid dienone is 2. The van der Waals surface area contributed by atoms with E-state index in [-0.39, 0.29) is 12.0 Å². The van der Waals surface area contributed by atoms with Gasteiger partial charge in [-0.1, -0.05) is 164 Å². The van der Waals surface area contributed by atoms with Crippen LogP contribution < -0.4 is 4.74 Å². The fraction of sp³-hybridized carbons (Fsp3) is 0.0328. The second kappa shape index (κ2) is 14.7. The van der Waals surface area contributed by atoms with E-state index in [9.17, 15) is 5.26 Å². The predicted molar refractivity (Wildman–Crippen MR) is 267 cm³/mol. The van der Waals surface area contributed by atoms with Gasteiger partial charge < -0.3 is 13.9 Å². The standard InChI is InChI=1S/C61H39N3O/c62-38-52-57(63-53-29-25-43(39-15-5-1-6-16-39)33-48(53)49-34-44(26-30-54(49)63)40-17-7-2-8-18-40)37-58(60-47-23-13-14-24-59(47)65-61(52)60)64-55-31-27-45(41-19-9-3-10-20-41)35-50(55)51-36-46(28-32-56(51)64)42-21-11-4-12-22-42/h1-37,47,59H. The van der Waals surface area contributed by atoms with Crippen molar-refractivity contribution in [1.29, 1.82) is 5.26 Å². The largest absolute Gasteiger partial charge is 0.484 e. The van der Waals surface area contributed by atoms with Crippen LogP contribution in [0, 0.1) is 11.3 Å². The van der Waals surface area contributed by atoms with E-state index in [1.807, 2.05) is 0 Å². The Morgan fingerprint density at radius 3 is 1.14 bits per heavy atom. The maximum atomic E-state index is 11.4. The smallest absolute Gasteiger partial charge is 0.146 e. The molecule has 13 rings (SSSR count). The van der Waals surface area contributed by atoms with Crippen LogP contribution in [0.25, 0.3) is 99.5 Å². The molecule has 0 saturated heterocycles. The molecule has 2 aliphatic rings. The molecule has 2 unspecified atom stereocenters. The second-order valence-corrected chi connectivity index (χ2v) is 17.1. The molecule has 0 N–H and O–H groups in total. The molecular formula is C61H39N3O. The number of hydrogen-bond acceptors (Lipinski definition) is 2. The molecule has 4 heteroatoms. The number of nitriles is 1. The molecule has 0 saturated carbocycles. The summed E-state index contributed by atoms with van der Waals surface area (Å²) in [6, 6.07) is 74.4. The summed E-state index contributed by atoms with van der Waals surface area (Å²) in [6.45, 7) is 0. The first-order chi connectivity index (χ1) is 32.2. The van der Waals surface area contributed by atoms with Crippen molar-refractivity contribution >= 4 is 43.6 Å².